The van der Waals surface area contributed by atoms with Gasteiger partial charge in [0.25, 0.3) is 0 Å². The summed E-state index contributed by atoms with van der Waals surface area (Å²) in [5, 5.41) is 6.44. The quantitative estimate of drug-likeness (QED) is 0.752. The van der Waals surface area contributed by atoms with Crippen molar-refractivity contribution in [3.05, 3.63) is 0 Å². The van der Waals surface area contributed by atoms with Crippen molar-refractivity contribution in [1.82, 2.24) is 10.6 Å². The molecule has 1 heterocycles. The van der Waals surface area contributed by atoms with Crippen LogP contribution in [0.2, 0.25) is 0 Å². The van der Waals surface area contributed by atoms with Crippen LogP contribution in [-0.2, 0) is 0 Å². The maximum atomic E-state index is 11.4. The van der Waals surface area contributed by atoms with E-state index >= 15 is 0 Å². The Kier molecular flexibility index (Phi) is 3.88. The zero-order chi connectivity index (χ0) is 10.5. The fourth-order valence-corrected chi connectivity index (χ4v) is 2.73. The summed E-state index contributed by atoms with van der Waals surface area (Å²) >= 11 is 1.61. The number of thioether (sulfide) groups is 1. The first-order valence-electron chi connectivity index (χ1n) is 5.57. The highest BCUT2D eigenvalue weighted by Crippen LogP contribution is 2.23. The molecule has 84 valence electrons. The lowest BCUT2D eigenvalue weighted by atomic mass is 10.1. The fraction of sp³-hybridized carbons (Fsp3) is 0.800. The van der Waals surface area contributed by atoms with E-state index < -0.39 is 0 Å². The monoisotopic (exact) mass is 227 g/mol. The second-order valence-electron chi connectivity index (χ2n) is 4.02. The minimum Gasteiger partial charge on any atom is -0.338 e. The molecule has 2 N–H and O–H groups in total. The van der Waals surface area contributed by atoms with Crippen LogP contribution in [-0.4, -0.2) is 30.0 Å². The summed E-state index contributed by atoms with van der Waals surface area (Å²) in [5.74, 6) is 1.67. The van der Waals surface area contributed by atoms with Crippen LogP contribution in [0.25, 0.3) is 0 Å². The minimum absolute atomic E-state index is 0.102. The van der Waals surface area contributed by atoms with Gasteiger partial charge in [-0.25, -0.2) is 4.79 Å². The highest BCUT2D eigenvalue weighted by Gasteiger charge is 2.16. The van der Waals surface area contributed by atoms with Crippen molar-refractivity contribution in [2.24, 2.45) is 10.9 Å². The lowest BCUT2D eigenvalue weighted by Crippen LogP contribution is -2.39. The highest BCUT2D eigenvalue weighted by atomic mass is 32.2. The molecule has 15 heavy (non-hydrogen) atoms. The Morgan fingerprint density at radius 3 is 2.93 bits per heavy atom. The van der Waals surface area contributed by atoms with Crippen LogP contribution in [0.15, 0.2) is 4.99 Å². The molecule has 2 aliphatic rings. The van der Waals surface area contributed by atoms with E-state index in [1.807, 2.05) is 0 Å². The molecule has 0 bridgehead atoms. The van der Waals surface area contributed by atoms with Crippen LogP contribution >= 0.6 is 11.8 Å². The smallest absolute Gasteiger partial charge is 0.320 e. The van der Waals surface area contributed by atoms with E-state index in [1.165, 1.54) is 25.7 Å². The first kappa shape index (κ1) is 10.8. The minimum atomic E-state index is -0.102. The van der Waals surface area contributed by atoms with E-state index in [2.05, 4.69) is 15.6 Å². The zero-order valence-electron chi connectivity index (χ0n) is 8.79. The third-order valence-electron chi connectivity index (χ3n) is 2.83. The Bertz CT molecular complexity index is 261. The van der Waals surface area contributed by atoms with Gasteiger partial charge < -0.3 is 5.32 Å². The molecule has 2 amide bonds. The number of amidine groups is 1. The van der Waals surface area contributed by atoms with E-state index in [4.69, 9.17) is 0 Å². The van der Waals surface area contributed by atoms with Crippen LogP contribution < -0.4 is 10.6 Å². The second-order valence-corrected chi connectivity index (χ2v) is 5.10. The van der Waals surface area contributed by atoms with Crippen molar-refractivity contribution in [1.29, 1.82) is 0 Å². The number of hydrogen-bond donors (Lipinski definition) is 2. The summed E-state index contributed by atoms with van der Waals surface area (Å²) in [6, 6.07) is -0.102. The van der Waals surface area contributed by atoms with Gasteiger partial charge in [-0.2, -0.15) is 0 Å². The van der Waals surface area contributed by atoms with E-state index in [0.29, 0.717) is 5.92 Å². The number of urea groups is 1. The largest absolute Gasteiger partial charge is 0.338 e. The summed E-state index contributed by atoms with van der Waals surface area (Å²) in [6.07, 6.45) is 5.15. The van der Waals surface area contributed by atoms with Crippen molar-refractivity contribution >= 4 is 23.0 Å². The van der Waals surface area contributed by atoms with Crippen LogP contribution in [0.4, 0.5) is 4.79 Å². The average Bonchev–Trinajstić information content (AvgIpc) is 2.86. The van der Waals surface area contributed by atoms with Gasteiger partial charge in [-0.1, -0.05) is 24.6 Å². The van der Waals surface area contributed by atoms with Gasteiger partial charge in [-0.05, 0) is 18.8 Å². The molecular formula is C10H17N3OS. The van der Waals surface area contributed by atoms with E-state index in [9.17, 15) is 4.79 Å². The van der Waals surface area contributed by atoms with Crippen molar-refractivity contribution in [3.63, 3.8) is 0 Å². The van der Waals surface area contributed by atoms with Gasteiger partial charge in [-0.3, -0.25) is 10.3 Å². The molecule has 1 saturated carbocycles. The number of rotatable bonds is 2. The third kappa shape index (κ3) is 3.41. The number of aliphatic imine (C=N–C) groups is 1. The Morgan fingerprint density at radius 2 is 2.27 bits per heavy atom. The van der Waals surface area contributed by atoms with Crippen molar-refractivity contribution in [2.45, 2.75) is 25.7 Å². The molecule has 0 spiro atoms. The second kappa shape index (κ2) is 5.39. The molecular weight excluding hydrogens is 210 g/mol. The molecule has 5 heteroatoms. The Balaban J connectivity index is 1.63. The van der Waals surface area contributed by atoms with Gasteiger partial charge in [-0.15, -0.1) is 0 Å². The van der Waals surface area contributed by atoms with Crippen molar-refractivity contribution < 1.29 is 4.79 Å². The highest BCUT2D eigenvalue weighted by molar-refractivity contribution is 8.14. The summed E-state index contributed by atoms with van der Waals surface area (Å²) in [7, 11) is 0. The maximum absolute atomic E-state index is 11.4. The van der Waals surface area contributed by atoms with Gasteiger partial charge in [0.1, 0.15) is 0 Å². The summed E-state index contributed by atoms with van der Waals surface area (Å²) in [5.41, 5.74) is 0. The van der Waals surface area contributed by atoms with Crippen LogP contribution in [0.5, 0.6) is 0 Å². The van der Waals surface area contributed by atoms with Gasteiger partial charge in [0.2, 0.25) is 0 Å². The number of nitrogens with one attached hydrogen (secondary N) is 2. The van der Waals surface area contributed by atoms with E-state index in [0.717, 1.165) is 24.0 Å². The lowest BCUT2D eigenvalue weighted by Gasteiger charge is -2.10. The molecule has 0 aromatic carbocycles. The SMILES string of the molecule is O=C(NCC1CCCC1)NC1=NCCS1. The van der Waals surface area contributed by atoms with Gasteiger partial charge >= 0.3 is 6.03 Å². The summed E-state index contributed by atoms with van der Waals surface area (Å²) in [4.78, 5) is 15.6. The van der Waals surface area contributed by atoms with Crippen molar-refractivity contribution in [2.75, 3.05) is 18.8 Å². The standard InChI is InChI=1S/C10H17N3OS/c14-9(13-10-11-5-6-15-10)12-7-8-3-1-2-4-8/h8H,1-7H2,(H2,11,12,13,14). The molecule has 0 atom stereocenters. The van der Waals surface area contributed by atoms with Gasteiger partial charge in [0.05, 0.1) is 6.54 Å². The first-order chi connectivity index (χ1) is 7.34. The predicted molar refractivity (Wildman–Crippen MR) is 63.3 cm³/mol. The first-order valence-corrected chi connectivity index (χ1v) is 6.55. The Morgan fingerprint density at radius 1 is 1.47 bits per heavy atom. The molecule has 0 saturated heterocycles. The Labute approximate surface area is 94.3 Å². The molecule has 0 aromatic rings. The number of carbonyl (C=O) groups excluding carboxylic acids is 1. The molecule has 1 aliphatic carbocycles. The molecule has 1 aliphatic heterocycles. The Hall–Kier alpha value is -0.710. The fourth-order valence-electron chi connectivity index (χ4n) is 2.00. The zero-order valence-corrected chi connectivity index (χ0v) is 9.61. The van der Waals surface area contributed by atoms with Gasteiger partial charge in [0.15, 0.2) is 5.17 Å². The molecule has 0 radical (unpaired) electrons. The average molecular weight is 227 g/mol. The number of amides is 2. The maximum Gasteiger partial charge on any atom is 0.320 e. The van der Waals surface area contributed by atoms with E-state index in [1.54, 1.807) is 11.8 Å². The van der Waals surface area contributed by atoms with E-state index in [-0.39, 0.29) is 6.03 Å². The van der Waals surface area contributed by atoms with Crippen LogP contribution in [0.3, 0.4) is 0 Å². The number of nitrogens with zero attached hydrogens (tertiary/aromatic N) is 1. The van der Waals surface area contributed by atoms with Gasteiger partial charge in [0, 0.05) is 12.3 Å². The molecule has 4 nitrogen and oxygen atoms in total. The molecule has 0 aromatic heterocycles. The predicted octanol–water partition coefficient (Wildman–Crippen LogP) is 1.58. The molecule has 1 fully saturated rings. The normalized spacial score (nSPS) is 21.5. The number of hydrogen-bond acceptors (Lipinski definition) is 3. The number of carbonyl (C=O) groups is 1. The lowest BCUT2D eigenvalue weighted by molar-refractivity contribution is 0.243. The molecule has 0 unspecified atom stereocenters. The summed E-state index contributed by atoms with van der Waals surface area (Å²) in [6.45, 7) is 1.63. The third-order valence-corrected chi connectivity index (χ3v) is 3.72. The summed E-state index contributed by atoms with van der Waals surface area (Å²) < 4.78 is 0. The molecule has 2 rings (SSSR count). The van der Waals surface area contributed by atoms with Crippen LogP contribution in [0, 0.1) is 5.92 Å². The van der Waals surface area contributed by atoms with Crippen LogP contribution in [0.1, 0.15) is 25.7 Å². The van der Waals surface area contributed by atoms with Crippen molar-refractivity contribution in [3.8, 4) is 0 Å². The topological polar surface area (TPSA) is 53.5 Å².